The minimum absolute atomic E-state index is 0.0106. The van der Waals surface area contributed by atoms with Crippen LogP contribution in [-0.4, -0.2) is 34.9 Å². The number of hydrogen-bond acceptors (Lipinski definition) is 4. The number of methoxy groups -OCH3 is 1. The van der Waals surface area contributed by atoms with Crippen molar-refractivity contribution in [1.29, 1.82) is 0 Å². The first-order valence-corrected chi connectivity index (χ1v) is 11.0. The highest BCUT2D eigenvalue weighted by Crippen LogP contribution is 2.61. The average Bonchev–Trinajstić information content (AvgIpc) is 2.93. The molecule has 0 aliphatic heterocycles. The molecule has 5 nitrogen and oxygen atoms in total. The smallest absolute Gasteiger partial charge is 0.254 e. The van der Waals surface area contributed by atoms with Crippen LogP contribution in [0.4, 0.5) is 0 Å². The number of nitrogens with zero attached hydrogens (tertiary/aromatic N) is 2. The van der Waals surface area contributed by atoms with Crippen LogP contribution in [-0.2, 0) is 21.5 Å². The first-order chi connectivity index (χ1) is 12.6. The summed E-state index contributed by atoms with van der Waals surface area (Å²) < 4.78 is 7.30. The molecule has 1 amide bonds. The van der Waals surface area contributed by atoms with Gasteiger partial charge in [-0.1, -0.05) is 20.8 Å². The van der Waals surface area contributed by atoms with Crippen molar-refractivity contribution < 1.29 is 14.6 Å². The van der Waals surface area contributed by atoms with E-state index in [1.807, 2.05) is 0 Å². The van der Waals surface area contributed by atoms with Crippen molar-refractivity contribution in [1.82, 2.24) is 4.57 Å². The minimum atomic E-state index is -0.632. The zero-order valence-electron chi connectivity index (χ0n) is 17.0. The van der Waals surface area contributed by atoms with Crippen molar-refractivity contribution in [3.63, 3.8) is 0 Å². The molecule has 4 fully saturated rings. The second-order valence-electron chi connectivity index (χ2n) is 10.2. The highest BCUT2D eigenvalue weighted by molar-refractivity contribution is 7.09. The first kappa shape index (κ1) is 19.3. The van der Waals surface area contributed by atoms with Crippen molar-refractivity contribution in [2.75, 3.05) is 13.7 Å². The topological polar surface area (TPSA) is 63.8 Å². The molecule has 4 aliphatic rings. The van der Waals surface area contributed by atoms with Crippen molar-refractivity contribution in [3.05, 3.63) is 15.9 Å². The molecule has 1 aromatic heterocycles. The first-order valence-electron chi connectivity index (χ1n) is 10.1. The van der Waals surface area contributed by atoms with E-state index in [-0.39, 0.29) is 11.3 Å². The zero-order valence-corrected chi connectivity index (χ0v) is 17.8. The number of rotatable bonds is 4. The molecule has 1 heterocycles. The number of amides is 1. The SMILES string of the molecule is COCCn1cc(C(C)(C)C)sc1=NC(=O)C12CC3CC(CC(O)(C3)C1)C2. The van der Waals surface area contributed by atoms with E-state index in [0.29, 0.717) is 31.4 Å². The fourth-order valence-corrected chi connectivity index (χ4v) is 6.91. The van der Waals surface area contributed by atoms with Gasteiger partial charge >= 0.3 is 0 Å². The summed E-state index contributed by atoms with van der Waals surface area (Å²) in [6, 6.07) is 0. The number of ether oxygens (including phenoxy) is 1. The van der Waals surface area contributed by atoms with Crippen molar-refractivity contribution in [3.8, 4) is 0 Å². The molecule has 4 bridgehead atoms. The number of aliphatic hydroxyl groups is 1. The lowest BCUT2D eigenvalue weighted by Gasteiger charge is -2.58. The van der Waals surface area contributed by atoms with E-state index < -0.39 is 11.0 Å². The Labute approximate surface area is 165 Å². The quantitative estimate of drug-likeness (QED) is 0.855. The van der Waals surface area contributed by atoms with Crippen LogP contribution >= 0.6 is 11.3 Å². The van der Waals surface area contributed by atoms with E-state index >= 15 is 0 Å². The molecule has 0 radical (unpaired) electrons. The Morgan fingerprint density at radius 3 is 2.56 bits per heavy atom. The lowest BCUT2D eigenvalue weighted by molar-refractivity contribution is -0.175. The van der Waals surface area contributed by atoms with E-state index in [0.717, 1.165) is 30.5 Å². The van der Waals surface area contributed by atoms with Crippen molar-refractivity contribution in [2.45, 2.75) is 76.9 Å². The van der Waals surface area contributed by atoms with Gasteiger partial charge in [-0.15, -0.1) is 11.3 Å². The van der Waals surface area contributed by atoms with Gasteiger partial charge in [-0.2, -0.15) is 4.99 Å². The Morgan fingerprint density at radius 1 is 1.33 bits per heavy atom. The Bertz CT molecular complexity index is 787. The van der Waals surface area contributed by atoms with Crippen molar-refractivity contribution >= 4 is 17.2 Å². The molecule has 1 N–H and O–H groups in total. The van der Waals surface area contributed by atoms with Gasteiger partial charge in [0.25, 0.3) is 5.91 Å². The van der Waals surface area contributed by atoms with Gasteiger partial charge in [-0.05, 0) is 55.8 Å². The molecule has 2 atom stereocenters. The normalized spacial score (nSPS) is 35.8. The minimum Gasteiger partial charge on any atom is -0.390 e. The predicted molar refractivity (Wildman–Crippen MR) is 106 cm³/mol. The van der Waals surface area contributed by atoms with E-state index in [4.69, 9.17) is 4.74 Å². The Kier molecular flexibility index (Phi) is 4.68. The summed E-state index contributed by atoms with van der Waals surface area (Å²) >= 11 is 1.61. The molecule has 5 rings (SSSR count). The Hall–Kier alpha value is -0.980. The Morgan fingerprint density at radius 2 is 2.00 bits per heavy atom. The lowest BCUT2D eigenvalue weighted by atomic mass is 9.47. The second-order valence-corrected chi connectivity index (χ2v) is 11.2. The maximum atomic E-state index is 13.4. The van der Waals surface area contributed by atoms with Crippen LogP contribution in [0, 0.1) is 17.3 Å². The van der Waals surface area contributed by atoms with Crippen molar-refractivity contribution in [2.24, 2.45) is 22.2 Å². The predicted octanol–water partition coefficient (Wildman–Crippen LogP) is 3.25. The van der Waals surface area contributed by atoms with E-state index in [1.165, 1.54) is 11.3 Å². The van der Waals surface area contributed by atoms with Crippen LogP contribution in [0.25, 0.3) is 0 Å². The van der Waals surface area contributed by atoms with Gasteiger partial charge in [-0.25, -0.2) is 0 Å². The fourth-order valence-electron chi connectivity index (χ4n) is 5.83. The lowest BCUT2D eigenvalue weighted by Crippen LogP contribution is -2.58. The fraction of sp³-hybridized carbons (Fsp3) is 0.810. The summed E-state index contributed by atoms with van der Waals surface area (Å²) in [5, 5.41) is 11.0. The van der Waals surface area contributed by atoms with Gasteiger partial charge in [0.05, 0.1) is 17.6 Å². The molecule has 150 valence electrons. The third kappa shape index (κ3) is 3.56. The van der Waals surface area contributed by atoms with Gasteiger partial charge in [0.2, 0.25) is 0 Å². The number of thiazole rings is 1. The molecule has 1 aromatic rings. The molecule has 4 aliphatic carbocycles. The molecule has 6 heteroatoms. The van der Waals surface area contributed by atoms with Crippen LogP contribution in [0.5, 0.6) is 0 Å². The maximum absolute atomic E-state index is 13.4. The maximum Gasteiger partial charge on any atom is 0.254 e. The number of aromatic nitrogens is 1. The summed E-state index contributed by atoms with van der Waals surface area (Å²) in [6.07, 6.45) is 7.46. The summed E-state index contributed by atoms with van der Waals surface area (Å²) in [6.45, 7) is 7.83. The summed E-state index contributed by atoms with van der Waals surface area (Å²) in [7, 11) is 1.69. The largest absolute Gasteiger partial charge is 0.390 e. The third-order valence-electron chi connectivity index (χ3n) is 6.68. The number of carbonyl (C=O) groups is 1. The van der Waals surface area contributed by atoms with Gasteiger partial charge < -0.3 is 14.4 Å². The Balaban J connectivity index is 1.69. The van der Waals surface area contributed by atoms with E-state index in [1.54, 1.807) is 18.4 Å². The van der Waals surface area contributed by atoms with E-state index in [2.05, 4.69) is 36.5 Å². The molecular weight excluding hydrogens is 360 g/mol. The second kappa shape index (κ2) is 6.53. The molecule has 4 saturated carbocycles. The van der Waals surface area contributed by atoms with Gasteiger partial charge in [-0.3, -0.25) is 4.79 Å². The van der Waals surface area contributed by atoms with Crippen LogP contribution in [0.3, 0.4) is 0 Å². The zero-order chi connectivity index (χ0) is 19.4. The van der Waals surface area contributed by atoms with Gasteiger partial charge in [0.1, 0.15) is 0 Å². The molecule has 2 unspecified atom stereocenters. The summed E-state index contributed by atoms with van der Waals surface area (Å²) in [5.74, 6) is 0.970. The summed E-state index contributed by atoms with van der Waals surface area (Å²) in [4.78, 5) is 20.0. The molecule has 27 heavy (non-hydrogen) atoms. The van der Waals surface area contributed by atoms with Gasteiger partial charge in [0, 0.05) is 24.7 Å². The third-order valence-corrected chi connectivity index (χ3v) is 8.12. The molecular formula is C21H32N2O3S. The molecule has 0 saturated heterocycles. The van der Waals surface area contributed by atoms with Crippen LogP contribution in [0.2, 0.25) is 0 Å². The average molecular weight is 393 g/mol. The monoisotopic (exact) mass is 392 g/mol. The number of carbonyl (C=O) groups excluding carboxylic acids is 1. The van der Waals surface area contributed by atoms with E-state index in [9.17, 15) is 9.90 Å². The highest BCUT2D eigenvalue weighted by atomic mass is 32.1. The molecule has 0 spiro atoms. The summed E-state index contributed by atoms with van der Waals surface area (Å²) in [5.41, 5.74) is -1.05. The van der Waals surface area contributed by atoms with Crippen LogP contribution in [0.1, 0.15) is 64.2 Å². The molecule has 0 aromatic carbocycles. The van der Waals surface area contributed by atoms with Gasteiger partial charge in [0.15, 0.2) is 4.80 Å². The number of hydrogen-bond donors (Lipinski definition) is 1. The van der Waals surface area contributed by atoms with Crippen LogP contribution < -0.4 is 4.80 Å². The van der Waals surface area contributed by atoms with Crippen LogP contribution in [0.15, 0.2) is 11.2 Å². The highest BCUT2D eigenvalue weighted by Gasteiger charge is 2.60. The standard InChI is InChI=1S/C21H32N2O3S/c1-19(2,3)16-12-23(5-6-26-4)18(27-16)22-17(24)20-8-14-7-15(9-20)11-21(25,10-14)13-20/h12,14-15,25H,5-11,13H2,1-4H3.